The minimum absolute atomic E-state index is 0.0739. The van der Waals surface area contributed by atoms with Crippen LogP contribution in [0.2, 0.25) is 5.02 Å². The Morgan fingerprint density at radius 2 is 1.90 bits per heavy atom. The van der Waals surface area contributed by atoms with Crippen LogP contribution in [0.1, 0.15) is 18.7 Å². The molecule has 4 heteroatoms. The fourth-order valence-corrected chi connectivity index (χ4v) is 2.97. The van der Waals surface area contributed by atoms with Crippen molar-refractivity contribution in [3.05, 3.63) is 57.7 Å². The number of nitrogens with one attached hydrogen (secondary N) is 1. The van der Waals surface area contributed by atoms with Gasteiger partial charge in [0.1, 0.15) is 0 Å². The first-order valence-corrected chi connectivity index (χ1v) is 7.56. The SMILES string of the molecule is CC(N)c1[nH]c2cc(Br)c(Cl)cc2c1-c1ccccc1. The quantitative estimate of drug-likeness (QED) is 0.650. The zero-order valence-electron chi connectivity index (χ0n) is 11.0. The monoisotopic (exact) mass is 348 g/mol. The van der Waals surface area contributed by atoms with Gasteiger partial charge in [-0.15, -0.1) is 0 Å². The van der Waals surface area contributed by atoms with E-state index >= 15 is 0 Å². The van der Waals surface area contributed by atoms with Crippen molar-refractivity contribution < 1.29 is 0 Å². The Bertz CT molecular complexity index is 763. The summed E-state index contributed by atoms with van der Waals surface area (Å²) < 4.78 is 0.878. The van der Waals surface area contributed by atoms with Crippen molar-refractivity contribution in [3.63, 3.8) is 0 Å². The zero-order chi connectivity index (χ0) is 14.3. The van der Waals surface area contributed by atoms with Crippen molar-refractivity contribution in [2.75, 3.05) is 0 Å². The third-order valence-corrected chi connectivity index (χ3v) is 4.58. The number of aromatic amines is 1. The molecular formula is C16H14BrClN2. The Morgan fingerprint density at radius 1 is 1.20 bits per heavy atom. The van der Waals surface area contributed by atoms with Crippen molar-refractivity contribution in [1.29, 1.82) is 0 Å². The number of H-pyrrole nitrogens is 1. The number of nitrogens with two attached hydrogens (primary N) is 1. The van der Waals surface area contributed by atoms with Crippen molar-refractivity contribution in [2.45, 2.75) is 13.0 Å². The Kier molecular flexibility index (Phi) is 3.59. The lowest BCUT2D eigenvalue weighted by Gasteiger charge is -2.08. The standard InChI is InChI=1S/C16H14BrClN2/c1-9(19)16-15(10-5-3-2-4-6-10)11-7-13(18)12(17)8-14(11)20-16/h2-9,20H,19H2,1H3. The highest BCUT2D eigenvalue weighted by atomic mass is 79.9. The van der Waals surface area contributed by atoms with Gasteiger partial charge in [-0.1, -0.05) is 41.9 Å². The highest BCUT2D eigenvalue weighted by Crippen LogP contribution is 2.38. The summed E-state index contributed by atoms with van der Waals surface area (Å²) in [6.45, 7) is 1.98. The van der Waals surface area contributed by atoms with E-state index in [1.54, 1.807) is 0 Å². The molecule has 0 saturated heterocycles. The molecule has 0 fully saturated rings. The van der Waals surface area contributed by atoms with E-state index in [4.69, 9.17) is 17.3 Å². The Labute approximate surface area is 131 Å². The second kappa shape index (κ2) is 5.24. The predicted octanol–water partition coefficient (Wildman–Crippen LogP) is 5.27. The molecule has 0 spiro atoms. The van der Waals surface area contributed by atoms with Gasteiger partial charge in [0.25, 0.3) is 0 Å². The molecule has 2 aromatic carbocycles. The molecule has 0 bridgehead atoms. The molecule has 0 radical (unpaired) electrons. The molecular weight excluding hydrogens is 336 g/mol. The topological polar surface area (TPSA) is 41.8 Å². The Morgan fingerprint density at radius 3 is 2.55 bits per heavy atom. The Balaban J connectivity index is 2.38. The fourth-order valence-electron chi connectivity index (χ4n) is 2.47. The van der Waals surface area contributed by atoms with E-state index in [-0.39, 0.29) is 6.04 Å². The van der Waals surface area contributed by atoms with Gasteiger partial charge in [-0.25, -0.2) is 0 Å². The molecule has 0 aliphatic heterocycles. The maximum absolute atomic E-state index is 6.24. The van der Waals surface area contributed by atoms with Crippen LogP contribution >= 0.6 is 27.5 Å². The largest absolute Gasteiger partial charge is 0.357 e. The molecule has 1 aromatic heterocycles. The van der Waals surface area contributed by atoms with E-state index < -0.39 is 0 Å². The van der Waals surface area contributed by atoms with Crippen molar-refractivity contribution in [2.24, 2.45) is 5.73 Å². The minimum Gasteiger partial charge on any atom is -0.357 e. The maximum atomic E-state index is 6.24. The Hall–Kier alpha value is -1.29. The lowest BCUT2D eigenvalue weighted by atomic mass is 9.99. The molecule has 3 N–H and O–H groups in total. The van der Waals surface area contributed by atoms with Crippen LogP contribution in [0.5, 0.6) is 0 Å². The first kappa shape index (κ1) is 13.7. The van der Waals surface area contributed by atoms with Crippen LogP contribution in [0.25, 0.3) is 22.0 Å². The molecule has 1 unspecified atom stereocenters. The molecule has 102 valence electrons. The third-order valence-electron chi connectivity index (χ3n) is 3.39. The van der Waals surface area contributed by atoms with Crippen LogP contribution in [0, 0.1) is 0 Å². The molecule has 0 aliphatic carbocycles. The lowest BCUT2D eigenvalue weighted by molar-refractivity contribution is 0.794. The number of aromatic nitrogens is 1. The van der Waals surface area contributed by atoms with Gasteiger partial charge in [0.2, 0.25) is 0 Å². The molecule has 1 heterocycles. The second-order valence-electron chi connectivity index (χ2n) is 4.88. The van der Waals surface area contributed by atoms with Crippen molar-refractivity contribution in [1.82, 2.24) is 4.98 Å². The first-order valence-electron chi connectivity index (χ1n) is 6.39. The van der Waals surface area contributed by atoms with Crippen LogP contribution < -0.4 is 5.73 Å². The summed E-state index contributed by atoms with van der Waals surface area (Å²) in [5, 5.41) is 1.79. The summed E-state index contributed by atoms with van der Waals surface area (Å²) in [6, 6.07) is 14.1. The zero-order valence-corrected chi connectivity index (χ0v) is 13.3. The fraction of sp³-hybridized carbons (Fsp3) is 0.125. The molecule has 1 atom stereocenters. The number of halogens is 2. The van der Waals surface area contributed by atoms with E-state index in [9.17, 15) is 0 Å². The number of hydrogen-bond acceptors (Lipinski definition) is 1. The van der Waals surface area contributed by atoms with Gasteiger partial charge in [-0.3, -0.25) is 0 Å². The van der Waals surface area contributed by atoms with Crippen LogP contribution in [0.15, 0.2) is 46.9 Å². The van der Waals surface area contributed by atoms with Gasteiger partial charge in [0.05, 0.1) is 5.02 Å². The average Bonchev–Trinajstić information content (AvgIpc) is 2.79. The maximum Gasteiger partial charge on any atom is 0.0555 e. The smallest absolute Gasteiger partial charge is 0.0555 e. The van der Waals surface area contributed by atoms with Crippen LogP contribution in [-0.2, 0) is 0 Å². The summed E-state index contributed by atoms with van der Waals surface area (Å²) in [6.07, 6.45) is 0. The normalized spacial score (nSPS) is 12.8. The third kappa shape index (κ3) is 2.26. The summed E-state index contributed by atoms with van der Waals surface area (Å²) in [4.78, 5) is 3.42. The van der Waals surface area contributed by atoms with Gasteiger partial charge in [0.15, 0.2) is 0 Å². The molecule has 0 saturated carbocycles. The summed E-state index contributed by atoms with van der Waals surface area (Å²) in [7, 11) is 0. The van der Waals surface area contributed by atoms with Gasteiger partial charge in [-0.05, 0) is 40.5 Å². The highest BCUT2D eigenvalue weighted by Gasteiger charge is 2.17. The molecule has 0 aliphatic rings. The van der Waals surface area contributed by atoms with E-state index in [2.05, 4.69) is 33.0 Å². The van der Waals surface area contributed by atoms with Crippen molar-refractivity contribution in [3.8, 4) is 11.1 Å². The van der Waals surface area contributed by atoms with E-state index in [0.717, 1.165) is 32.2 Å². The van der Waals surface area contributed by atoms with Gasteiger partial charge in [0, 0.05) is 32.7 Å². The molecule has 3 aromatic rings. The van der Waals surface area contributed by atoms with E-state index in [0.29, 0.717) is 5.02 Å². The van der Waals surface area contributed by atoms with Crippen molar-refractivity contribution >= 4 is 38.4 Å². The summed E-state index contributed by atoms with van der Waals surface area (Å²) in [5.74, 6) is 0. The summed E-state index contributed by atoms with van der Waals surface area (Å²) >= 11 is 9.70. The molecule has 0 amide bonds. The average molecular weight is 350 g/mol. The first-order chi connectivity index (χ1) is 9.58. The van der Waals surface area contributed by atoms with Gasteiger partial charge >= 0.3 is 0 Å². The van der Waals surface area contributed by atoms with E-state index in [1.165, 1.54) is 0 Å². The van der Waals surface area contributed by atoms with Gasteiger partial charge < -0.3 is 10.7 Å². The lowest BCUT2D eigenvalue weighted by Crippen LogP contribution is -2.06. The van der Waals surface area contributed by atoms with Crippen LogP contribution in [-0.4, -0.2) is 4.98 Å². The summed E-state index contributed by atoms with van der Waals surface area (Å²) in [5.41, 5.74) is 10.5. The van der Waals surface area contributed by atoms with Crippen LogP contribution in [0.4, 0.5) is 0 Å². The number of rotatable bonds is 2. The molecule has 2 nitrogen and oxygen atoms in total. The second-order valence-corrected chi connectivity index (χ2v) is 6.14. The number of fused-ring (bicyclic) bond motifs is 1. The van der Waals surface area contributed by atoms with Gasteiger partial charge in [-0.2, -0.15) is 0 Å². The highest BCUT2D eigenvalue weighted by molar-refractivity contribution is 9.10. The number of benzene rings is 2. The minimum atomic E-state index is -0.0739. The van der Waals surface area contributed by atoms with Crippen LogP contribution in [0.3, 0.4) is 0 Å². The molecule has 3 rings (SSSR count). The molecule has 20 heavy (non-hydrogen) atoms. The number of hydrogen-bond donors (Lipinski definition) is 2. The predicted molar refractivity (Wildman–Crippen MR) is 89.0 cm³/mol. The van der Waals surface area contributed by atoms with E-state index in [1.807, 2.05) is 37.3 Å².